The standard InChI is InChI=1S/C22H47NO4/c1-5-6-12-17(3)22(27)21(26)14-16(2)11-9-7-8-10-13-19(24)15-20(25)18(4)23/h16-22,24-27H,5-15,23H2,1-4H3/t16-,17+,18-,19-,20-,21-,22-/m0/s1. The summed E-state index contributed by atoms with van der Waals surface area (Å²) in [6, 6.07) is -0.301. The van der Waals surface area contributed by atoms with E-state index in [1.54, 1.807) is 6.92 Å². The molecule has 0 rings (SSSR count). The molecule has 0 aliphatic rings. The zero-order valence-corrected chi connectivity index (χ0v) is 18.2. The Bertz CT molecular complexity index is 340. The second kappa shape index (κ2) is 15.7. The summed E-state index contributed by atoms with van der Waals surface area (Å²) >= 11 is 0. The molecule has 0 aromatic carbocycles. The molecule has 0 spiro atoms. The molecule has 0 aliphatic carbocycles. The zero-order valence-electron chi connectivity index (χ0n) is 18.2. The average Bonchev–Trinajstić information content (AvgIpc) is 2.61. The molecule has 0 unspecified atom stereocenters. The molecule has 0 saturated carbocycles. The molecule has 0 aliphatic heterocycles. The Morgan fingerprint density at radius 1 is 0.704 bits per heavy atom. The van der Waals surface area contributed by atoms with Gasteiger partial charge >= 0.3 is 0 Å². The van der Waals surface area contributed by atoms with Gasteiger partial charge in [-0.15, -0.1) is 0 Å². The summed E-state index contributed by atoms with van der Waals surface area (Å²) in [5.41, 5.74) is 5.60. The summed E-state index contributed by atoms with van der Waals surface area (Å²) in [6.45, 7) is 8.06. The highest BCUT2D eigenvalue weighted by Crippen LogP contribution is 2.22. The minimum Gasteiger partial charge on any atom is -0.393 e. The van der Waals surface area contributed by atoms with Crippen molar-refractivity contribution < 1.29 is 20.4 Å². The first-order valence-corrected chi connectivity index (χ1v) is 11.2. The molecule has 0 amide bonds. The number of aliphatic hydroxyl groups excluding tert-OH is 4. The van der Waals surface area contributed by atoms with Crippen LogP contribution in [0.15, 0.2) is 0 Å². The van der Waals surface area contributed by atoms with Crippen molar-refractivity contribution >= 4 is 0 Å². The molecular formula is C22H47NO4. The van der Waals surface area contributed by atoms with E-state index in [2.05, 4.69) is 13.8 Å². The molecule has 0 saturated heterocycles. The van der Waals surface area contributed by atoms with Crippen molar-refractivity contribution in [3.05, 3.63) is 0 Å². The highest BCUT2D eigenvalue weighted by atomic mass is 16.3. The summed E-state index contributed by atoms with van der Waals surface area (Å²) in [5, 5.41) is 40.1. The number of unbranched alkanes of at least 4 members (excludes halogenated alkanes) is 4. The van der Waals surface area contributed by atoms with Gasteiger partial charge in [0.25, 0.3) is 0 Å². The van der Waals surface area contributed by atoms with Crippen LogP contribution >= 0.6 is 0 Å². The summed E-state index contributed by atoms with van der Waals surface area (Å²) in [4.78, 5) is 0. The third-order valence-corrected chi connectivity index (χ3v) is 5.74. The quantitative estimate of drug-likeness (QED) is 0.245. The monoisotopic (exact) mass is 389 g/mol. The fourth-order valence-electron chi connectivity index (χ4n) is 3.58. The minimum atomic E-state index is -0.632. The van der Waals surface area contributed by atoms with E-state index in [0.29, 0.717) is 25.2 Å². The van der Waals surface area contributed by atoms with Crippen molar-refractivity contribution in [3.63, 3.8) is 0 Å². The Balaban J connectivity index is 3.77. The van der Waals surface area contributed by atoms with Crippen LogP contribution in [0.1, 0.15) is 98.3 Å². The Morgan fingerprint density at radius 3 is 1.85 bits per heavy atom. The van der Waals surface area contributed by atoms with E-state index >= 15 is 0 Å². The molecule has 5 heteroatoms. The van der Waals surface area contributed by atoms with Gasteiger partial charge < -0.3 is 26.2 Å². The van der Waals surface area contributed by atoms with Gasteiger partial charge in [0.05, 0.1) is 24.4 Å². The second-order valence-electron chi connectivity index (χ2n) is 8.83. The Kier molecular flexibility index (Phi) is 15.6. The number of aliphatic hydroxyl groups is 4. The first-order chi connectivity index (χ1) is 12.7. The van der Waals surface area contributed by atoms with E-state index in [4.69, 9.17) is 5.73 Å². The molecule has 164 valence electrons. The average molecular weight is 390 g/mol. The Labute approximate surface area is 167 Å². The predicted octanol–water partition coefficient (Wildman–Crippen LogP) is 3.36. The van der Waals surface area contributed by atoms with Crippen LogP contribution in [-0.2, 0) is 0 Å². The van der Waals surface area contributed by atoms with Gasteiger partial charge in [-0.25, -0.2) is 0 Å². The van der Waals surface area contributed by atoms with Crippen LogP contribution in [0.5, 0.6) is 0 Å². The van der Waals surface area contributed by atoms with Crippen LogP contribution in [0.4, 0.5) is 0 Å². The molecule has 0 fully saturated rings. The molecule has 0 aromatic heterocycles. The number of rotatable bonds is 17. The van der Waals surface area contributed by atoms with Gasteiger partial charge in [0, 0.05) is 12.5 Å². The number of hydrogen-bond acceptors (Lipinski definition) is 5. The van der Waals surface area contributed by atoms with Gasteiger partial charge in [-0.05, 0) is 38.0 Å². The van der Waals surface area contributed by atoms with Crippen molar-refractivity contribution in [2.45, 2.75) is 129 Å². The van der Waals surface area contributed by atoms with Crippen molar-refractivity contribution in [1.29, 1.82) is 0 Å². The fraction of sp³-hybridized carbons (Fsp3) is 1.00. The van der Waals surface area contributed by atoms with Crippen LogP contribution in [0.3, 0.4) is 0 Å². The molecule has 7 atom stereocenters. The molecule has 0 aromatic rings. The lowest BCUT2D eigenvalue weighted by Gasteiger charge is -2.26. The maximum absolute atomic E-state index is 10.3. The van der Waals surface area contributed by atoms with Gasteiger partial charge in [-0.2, -0.15) is 0 Å². The Morgan fingerprint density at radius 2 is 1.30 bits per heavy atom. The molecule has 27 heavy (non-hydrogen) atoms. The lowest BCUT2D eigenvalue weighted by atomic mass is 9.88. The van der Waals surface area contributed by atoms with Gasteiger partial charge in [-0.3, -0.25) is 0 Å². The molecule has 0 bridgehead atoms. The zero-order chi connectivity index (χ0) is 20.8. The highest BCUT2D eigenvalue weighted by Gasteiger charge is 2.24. The molecular weight excluding hydrogens is 342 g/mol. The van der Waals surface area contributed by atoms with Gasteiger partial charge in [0.2, 0.25) is 0 Å². The first-order valence-electron chi connectivity index (χ1n) is 11.2. The van der Waals surface area contributed by atoms with Crippen LogP contribution in [0, 0.1) is 11.8 Å². The SMILES string of the molecule is CCCC[C@@H](C)[C@H](O)[C@@H](O)C[C@@H](C)CCCCCC[C@H](O)C[C@H](O)[C@H](C)N. The minimum absolute atomic E-state index is 0.152. The van der Waals surface area contributed by atoms with E-state index in [-0.39, 0.29) is 12.0 Å². The van der Waals surface area contributed by atoms with Crippen molar-refractivity contribution in [2.75, 3.05) is 0 Å². The van der Waals surface area contributed by atoms with Gasteiger partial charge in [-0.1, -0.05) is 65.7 Å². The van der Waals surface area contributed by atoms with E-state index in [9.17, 15) is 20.4 Å². The van der Waals surface area contributed by atoms with Crippen molar-refractivity contribution in [3.8, 4) is 0 Å². The fourth-order valence-corrected chi connectivity index (χ4v) is 3.58. The Hall–Kier alpha value is -0.200. The van der Waals surface area contributed by atoms with Gasteiger partial charge in [0.1, 0.15) is 0 Å². The first kappa shape index (κ1) is 26.8. The third-order valence-electron chi connectivity index (χ3n) is 5.74. The van der Waals surface area contributed by atoms with E-state index in [0.717, 1.165) is 51.4 Å². The van der Waals surface area contributed by atoms with E-state index < -0.39 is 24.4 Å². The van der Waals surface area contributed by atoms with Gasteiger partial charge in [0.15, 0.2) is 0 Å². The summed E-state index contributed by atoms with van der Waals surface area (Å²) in [7, 11) is 0. The number of hydrogen-bond donors (Lipinski definition) is 5. The summed E-state index contributed by atoms with van der Waals surface area (Å²) in [6.07, 6.45) is 7.84. The topological polar surface area (TPSA) is 107 Å². The van der Waals surface area contributed by atoms with Crippen LogP contribution in [0.25, 0.3) is 0 Å². The van der Waals surface area contributed by atoms with E-state index in [1.807, 2.05) is 6.92 Å². The van der Waals surface area contributed by atoms with Crippen molar-refractivity contribution in [1.82, 2.24) is 0 Å². The summed E-state index contributed by atoms with van der Waals surface area (Å²) in [5.74, 6) is 0.555. The molecule has 0 radical (unpaired) electrons. The normalized spacial score (nSPS) is 19.9. The highest BCUT2D eigenvalue weighted by molar-refractivity contribution is 4.75. The van der Waals surface area contributed by atoms with E-state index in [1.165, 1.54) is 0 Å². The van der Waals surface area contributed by atoms with Crippen LogP contribution < -0.4 is 5.73 Å². The number of nitrogens with two attached hydrogens (primary N) is 1. The summed E-state index contributed by atoms with van der Waals surface area (Å²) < 4.78 is 0. The largest absolute Gasteiger partial charge is 0.393 e. The maximum Gasteiger partial charge on any atom is 0.0824 e. The third kappa shape index (κ3) is 13.6. The second-order valence-corrected chi connectivity index (χ2v) is 8.83. The lowest BCUT2D eigenvalue weighted by Crippen LogP contribution is -2.34. The molecule has 6 N–H and O–H groups in total. The smallest absolute Gasteiger partial charge is 0.0824 e. The molecule has 0 heterocycles. The van der Waals surface area contributed by atoms with Crippen LogP contribution in [-0.4, -0.2) is 50.9 Å². The van der Waals surface area contributed by atoms with Crippen molar-refractivity contribution in [2.24, 2.45) is 17.6 Å². The predicted molar refractivity (Wildman–Crippen MR) is 112 cm³/mol. The van der Waals surface area contributed by atoms with Crippen LogP contribution in [0.2, 0.25) is 0 Å². The molecule has 5 nitrogen and oxygen atoms in total. The lowest BCUT2D eigenvalue weighted by molar-refractivity contribution is -0.0262. The maximum atomic E-state index is 10.3.